The molecule has 0 aliphatic carbocycles. The van der Waals surface area contributed by atoms with Gasteiger partial charge in [0.2, 0.25) is 12.5 Å². The van der Waals surface area contributed by atoms with E-state index in [9.17, 15) is 4.79 Å². The van der Waals surface area contributed by atoms with Crippen LogP contribution in [0.2, 0.25) is 0 Å². The maximum Gasteiger partial charge on any atom is 0.231 e. The van der Waals surface area contributed by atoms with Crippen molar-refractivity contribution in [2.75, 3.05) is 44.2 Å². The fourth-order valence-electron chi connectivity index (χ4n) is 2.62. The molecule has 1 aromatic heterocycles. The number of nitrogens with two attached hydrogens (primary N) is 1. The SMILES string of the molecule is [C-]#[N+]CCc1cnc(N2CCN(CC(N)=O)CC2)c(C)c1. The minimum absolute atomic E-state index is 0.276. The molecule has 112 valence electrons. The van der Waals surface area contributed by atoms with Gasteiger partial charge in [0.25, 0.3) is 0 Å². The van der Waals surface area contributed by atoms with Gasteiger partial charge >= 0.3 is 0 Å². The van der Waals surface area contributed by atoms with E-state index < -0.39 is 0 Å². The van der Waals surface area contributed by atoms with Crippen molar-refractivity contribution in [1.29, 1.82) is 0 Å². The zero-order chi connectivity index (χ0) is 15.2. The molecule has 0 unspecified atom stereocenters. The second kappa shape index (κ2) is 7.04. The highest BCUT2D eigenvalue weighted by molar-refractivity contribution is 5.75. The van der Waals surface area contributed by atoms with Crippen molar-refractivity contribution < 1.29 is 4.79 Å². The fourth-order valence-corrected chi connectivity index (χ4v) is 2.62. The van der Waals surface area contributed by atoms with Crippen LogP contribution in [0.4, 0.5) is 5.82 Å². The summed E-state index contributed by atoms with van der Waals surface area (Å²) in [7, 11) is 0. The van der Waals surface area contributed by atoms with Crippen LogP contribution in [0.5, 0.6) is 0 Å². The van der Waals surface area contributed by atoms with E-state index in [1.807, 2.05) is 6.20 Å². The van der Waals surface area contributed by atoms with Crippen LogP contribution in [0.1, 0.15) is 11.1 Å². The molecule has 0 radical (unpaired) electrons. The van der Waals surface area contributed by atoms with Crippen LogP contribution in [0.3, 0.4) is 0 Å². The number of primary amides is 1. The van der Waals surface area contributed by atoms with E-state index in [1.165, 1.54) is 0 Å². The lowest BCUT2D eigenvalue weighted by atomic mass is 10.1. The molecule has 1 aliphatic rings. The Bertz CT molecular complexity index is 543. The van der Waals surface area contributed by atoms with Gasteiger partial charge in [0.15, 0.2) is 0 Å². The number of rotatable bonds is 5. The second-order valence-electron chi connectivity index (χ2n) is 5.35. The van der Waals surface area contributed by atoms with Crippen molar-refractivity contribution in [3.63, 3.8) is 0 Å². The maximum absolute atomic E-state index is 10.9. The minimum Gasteiger partial charge on any atom is -0.369 e. The Morgan fingerprint density at radius 1 is 1.43 bits per heavy atom. The summed E-state index contributed by atoms with van der Waals surface area (Å²) >= 11 is 0. The second-order valence-corrected chi connectivity index (χ2v) is 5.35. The van der Waals surface area contributed by atoms with E-state index in [0.717, 1.165) is 49.5 Å². The largest absolute Gasteiger partial charge is 0.369 e. The molecule has 0 spiro atoms. The molecule has 0 atom stereocenters. The van der Waals surface area contributed by atoms with E-state index >= 15 is 0 Å². The Balaban J connectivity index is 1.97. The molecule has 2 heterocycles. The maximum atomic E-state index is 10.9. The first-order valence-corrected chi connectivity index (χ1v) is 7.14. The molecule has 2 N–H and O–H groups in total. The molecule has 2 rings (SSSR count). The average Bonchev–Trinajstić information content (AvgIpc) is 2.46. The monoisotopic (exact) mass is 287 g/mol. The third kappa shape index (κ3) is 4.17. The number of aromatic nitrogens is 1. The predicted molar refractivity (Wildman–Crippen MR) is 82.0 cm³/mol. The summed E-state index contributed by atoms with van der Waals surface area (Å²) in [5, 5.41) is 0. The molecular formula is C15H21N5O. The summed E-state index contributed by atoms with van der Waals surface area (Å²) in [4.78, 5) is 23.2. The van der Waals surface area contributed by atoms with Crippen molar-refractivity contribution in [2.24, 2.45) is 5.73 Å². The smallest absolute Gasteiger partial charge is 0.231 e. The predicted octanol–water partition coefficient (Wildman–Crippen LogP) is 0.459. The van der Waals surface area contributed by atoms with Gasteiger partial charge in [0.1, 0.15) is 5.82 Å². The number of anilines is 1. The zero-order valence-electron chi connectivity index (χ0n) is 12.4. The number of pyridine rings is 1. The number of amides is 1. The van der Waals surface area contributed by atoms with E-state index in [-0.39, 0.29) is 5.91 Å². The first-order valence-electron chi connectivity index (χ1n) is 7.14. The molecule has 1 aromatic rings. The molecule has 0 aromatic carbocycles. The molecule has 1 aliphatic heterocycles. The van der Waals surface area contributed by atoms with E-state index in [1.54, 1.807) is 0 Å². The Kier molecular flexibility index (Phi) is 5.12. The number of hydrogen-bond acceptors (Lipinski definition) is 4. The normalized spacial score (nSPS) is 15.7. The van der Waals surface area contributed by atoms with Crippen molar-refractivity contribution in [1.82, 2.24) is 9.88 Å². The van der Waals surface area contributed by atoms with Crippen LogP contribution in [0, 0.1) is 13.5 Å². The Hall–Kier alpha value is -2.13. The average molecular weight is 287 g/mol. The molecule has 0 bridgehead atoms. The van der Waals surface area contributed by atoms with Crippen LogP contribution in [-0.4, -0.2) is 55.1 Å². The third-order valence-electron chi connectivity index (χ3n) is 3.67. The highest BCUT2D eigenvalue weighted by atomic mass is 16.1. The van der Waals surface area contributed by atoms with Crippen LogP contribution < -0.4 is 10.6 Å². The number of piperazine rings is 1. The topological polar surface area (TPSA) is 66.8 Å². The summed E-state index contributed by atoms with van der Waals surface area (Å²) < 4.78 is 0. The lowest BCUT2D eigenvalue weighted by molar-refractivity contribution is -0.119. The lowest BCUT2D eigenvalue weighted by Crippen LogP contribution is -2.49. The molecule has 1 fully saturated rings. The summed E-state index contributed by atoms with van der Waals surface area (Å²) in [5.41, 5.74) is 7.47. The Morgan fingerprint density at radius 2 is 2.14 bits per heavy atom. The van der Waals surface area contributed by atoms with Gasteiger partial charge in [-0.05, 0) is 18.1 Å². The van der Waals surface area contributed by atoms with Crippen molar-refractivity contribution in [3.05, 3.63) is 34.8 Å². The van der Waals surface area contributed by atoms with E-state index in [4.69, 9.17) is 12.3 Å². The van der Waals surface area contributed by atoms with Gasteiger partial charge < -0.3 is 15.5 Å². The molecular weight excluding hydrogens is 266 g/mol. The quantitative estimate of drug-likeness (QED) is 0.799. The van der Waals surface area contributed by atoms with Crippen LogP contribution in [0.25, 0.3) is 4.85 Å². The van der Waals surface area contributed by atoms with Gasteiger partial charge in [-0.3, -0.25) is 9.69 Å². The summed E-state index contributed by atoms with van der Waals surface area (Å²) in [6.07, 6.45) is 2.62. The highest BCUT2D eigenvalue weighted by Crippen LogP contribution is 2.19. The Morgan fingerprint density at radius 3 is 2.71 bits per heavy atom. The molecule has 6 nitrogen and oxygen atoms in total. The summed E-state index contributed by atoms with van der Waals surface area (Å²) in [5.74, 6) is 0.724. The first-order chi connectivity index (χ1) is 10.1. The van der Waals surface area contributed by atoms with Gasteiger partial charge in [0.05, 0.1) is 6.54 Å². The summed E-state index contributed by atoms with van der Waals surface area (Å²) in [6, 6.07) is 2.11. The van der Waals surface area contributed by atoms with Crippen molar-refractivity contribution in [3.8, 4) is 0 Å². The van der Waals surface area contributed by atoms with Crippen LogP contribution in [0.15, 0.2) is 12.3 Å². The van der Waals surface area contributed by atoms with Gasteiger partial charge in [-0.25, -0.2) is 11.6 Å². The number of aryl methyl sites for hydroxylation is 1. The standard InChI is InChI=1S/C15H21N5O/c1-12-9-13(3-4-17-2)10-18-15(12)20-7-5-19(6-8-20)11-14(16)21/h9-10H,3-8,11H2,1H3,(H2,16,21). The highest BCUT2D eigenvalue weighted by Gasteiger charge is 2.20. The third-order valence-corrected chi connectivity index (χ3v) is 3.67. The summed E-state index contributed by atoms with van der Waals surface area (Å²) in [6.45, 7) is 13.1. The minimum atomic E-state index is -0.276. The van der Waals surface area contributed by atoms with Gasteiger partial charge in [-0.15, -0.1) is 0 Å². The number of hydrogen-bond donors (Lipinski definition) is 1. The number of nitrogens with zero attached hydrogens (tertiary/aromatic N) is 4. The van der Waals surface area contributed by atoms with Crippen molar-refractivity contribution in [2.45, 2.75) is 13.3 Å². The lowest BCUT2D eigenvalue weighted by Gasteiger charge is -2.35. The molecule has 1 amide bonds. The zero-order valence-corrected chi connectivity index (χ0v) is 12.4. The van der Waals surface area contributed by atoms with Gasteiger partial charge in [0, 0.05) is 38.8 Å². The van der Waals surface area contributed by atoms with Gasteiger partial charge in [-0.1, -0.05) is 6.07 Å². The molecule has 0 saturated carbocycles. The number of carbonyl (C=O) groups is 1. The molecule has 6 heteroatoms. The van der Waals surface area contributed by atoms with Crippen LogP contribution in [-0.2, 0) is 11.2 Å². The van der Waals surface area contributed by atoms with E-state index in [0.29, 0.717) is 13.1 Å². The van der Waals surface area contributed by atoms with E-state index in [2.05, 4.69) is 32.6 Å². The van der Waals surface area contributed by atoms with Crippen LogP contribution >= 0.6 is 0 Å². The fraction of sp³-hybridized carbons (Fsp3) is 0.533. The molecule has 1 saturated heterocycles. The Labute approximate surface area is 125 Å². The molecule has 21 heavy (non-hydrogen) atoms. The van der Waals surface area contributed by atoms with Gasteiger partial charge in [-0.2, -0.15) is 0 Å². The number of carbonyl (C=O) groups excluding carboxylic acids is 1. The van der Waals surface area contributed by atoms with Crippen molar-refractivity contribution >= 4 is 11.7 Å². The first kappa shape index (κ1) is 15.3.